The molecule has 9 heteroatoms. The molecule has 6 nitrogen and oxygen atoms in total. The van der Waals surface area contributed by atoms with E-state index in [4.69, 9.17) is 17.3 Å². The normalized spacial score (nSPS) is 19.6. The van der Waals surface area contributed by atoms with Crippen LogP contribution in [-0.4, -0.2) is 38.9 Å². The summed E-state index contributed by atoms with van der Waals surface area (Å²) in [5, 5.41) is -0.389. The number of sulfonamides is 1. The number of nitrogens with one attached hydrogen (secondary N) is 1. The highest BCUT2D eigenvalue weighted by Crippen LogP contribution is 2.26. The Morgan fingerprint density at radius 2 is 2.15 bits per heavy atom. The fraction of sp³-hybridized carbons (Fsp3) is 0.364. The lowest BCUT2D eigenvalue weighted by Crippen LogP contribution is -2.40. The third-order valence-corrected chi connectivity index (χ3v) is 4.78. The number of carbonyl (C=O) groups is 1. The molecule has 1 aromatic carbocycles. The van der Waals surface area contributed by atoms with E-state index in [9.17, 15) is 17.6 Å². The zero-order chi connectivity index (χ0) is 15.1. The minimum absolute atomic E-state index is 0.0200. The van der Waals surface area contributed by atoms with Crippen molar-refractivity contribution in [1.29, 1.82) is 0 Å². The molecule has 1 amide bonds. The van der Waals surface area contributed by atoms with Crippen molar-refractivity contribution in [3.63, 3.8) is 0 Å². The topological polar surface area (TPSA) is 92.5 Å². The summed E-state index contributed by atoms with van der Waals surface area (Å²) in [4.78, 5) is 12.4. The fourth-order valence-corrected chi connectivity index (χ4v) is 3.60. The van der Waals surface area contributed by atoms with Crippen molar-refractivity contribution in [1.82, 2.24) is 9.62 Å². The van der Waals surface area contributed by atoms with Crippen LogP contribution in [0.5, 0.6) is 0 Å². The van der Waals surface area contributed by atoms with Gasteiger partial charge in [-0.2, -0.15) is 4.72 Å². The molecule has 1 atom stereocenters. The quantitative estimate of drug-likeness (QED) is 0.796. The first kappa shape index (κ1) is 15.0. The maximum absolute atomic E-state index is 13.8. The number of carbonyl (C=O) groups excluding carboxylic acids is 1. The molecule has 0 spiro atoms. The SMILES string of the molecule is CN1CCC(NS(=O)(=O)c2cc(N)cc(Cl)c2F)C1=O. The van der Waals surface area contributed by atoms with Crippen LogP contribution in [0.3, 0.4) is 0 Å². The van der Waals surface area contributed by atoms with Gasteiger partial charge in [0.2, 0.25) is 15.9 Å². The van der Waals surface area contributed by atoms with Gasteiger partial charge in [-0.15, -0.1) is 0 Å². The van der Waals surface area contributed by atoms with Crippen molar-refractivity contribution < 1.29 is 17.6 Å². The number of amides is 1. The first-order valence-electron chi connectivity index (χ1n) is 5.74. The molecule has 110 valence electrons. The molecule has 0 bridgehead atoms. The van der Waals surface area contributed by atoms with E-state index in [1.54, 1.807) is 7.05 Å². The van der Waals surface area contributed by atoms with Crippen molar-refractivity contribution in [2.24, 2.45) is 0 Å². The van der Waals surface area contributed by atoms with E-state index in [-0.39, 0.29) is 16.6 Å². The van der Waals surface area contributed by atoms with Gasteiger partial charge in [-0.1, -0.05) is 11.6 Å². The number of halogens is 2. The first-order chi connectivity index (χ1) is 9.22. The number of nitrogens with two attached hydrogens (primary N) is 1. The maximum atomic E-state index is 13.8. The van der Waals surface area contributed by atoms with Crippen LogP contribution < -0.4 is 10.5 Å². The summed E-state index contributed by atoms with van der Waals surface area (Å²) in [6.07, 6.45) is 0.326. The van der Waals surface area contributed by atoms with Crippen LogP contribution in [0.15, 0.2) is 17.0 Å². The molecule has 1 heterocycles. The summed E-state index contributed by atoms with van der Waals surface area (Å²) in [6.45, 7) is 0.437. The zero-order valence-electron chi connectivity index (χ0n) is 10.6. The van der Waals surface area contributed by atoms with Gasteiger partial charge in [0, 0.05) is 19.3 Å². The van der Waals surface area contributed by atoms with Crippen LogP contribution in [0, 0.1) is 5.82 Å². The van der Waals surface area contributed by atoms with Crippen LogP contribution >= 0.6 is 11.6 Å². The highest BCUT2D eigenvalue weighted by Gasteiger charge is 2.34. The Hall–Kier alpha value is -1.38. The standard InChI is InChI=1S/C11H13ClFN3O3S/c1-16-3-2-8(11(16)17)15-20(18,19)9-5-6(14)4-7(12)10(9)13/h4-5,8,15H,2-3,14H2,1H3. The average molecular weight is 322 g/mol. The molecule has 0 saturated carbocycles. The molecule has 1 aromatic rings. The number of hydrogen-bond acceptors (Lipinski definition) is 4. The Morgan fingerprint density at radius 1 is 1.50 bits per heavy atom. The van der Waals surface area contributed by atoms with E-state index in [2.05, 4.69) is 4.72 Å². The minimum atomic E-state index is -4.21. The van der Waals surface area contributed by atoms with Crippen molar-refractivity contribution in [2.45, 2.75) is 17.4 Å². The number of nitrogens with zero attached hydrogens (tertiary/aromatic N) is 1. The van der Waals surface area contributed by atoms with Gasteiger partial charge < -0.3 is 10.6 Å². The Labute approximate surface area is 120 Å². The van der Waals surface area contributed by atoms with E-state index >= 15 is 0 Å². The largest absolute Gasteiger partial charge is 0.399 e. The molecule has 1 unspecified atom stereocenters. The van der Waals surface area contributed by atoms with E-state index in [1.165, 1.54) is 4.90 Å². The first-order valence-corrected chi connectivity index (χ1v) is 7.60. The fourth-order valence-electron chi connectivity index (χ4n) is 1.96. The van der Waals surface area contributed by atoms with E-state index in [1.807, 2.05) is 0 Å². The molecule has 1 aliphatic heterocycles. The van der Waals surface area contributed by atoms with E-state index in [0.29, 0.717) is 13.0 Å². The van der Waals surface area contributed by atoms with E-state index < -0.39 is 26.8 Å². The molecular weight excluding hydrogens is 309 g/mol. The van der Waals surface area contributed by atoms with Crippen LogP contribution in [0.2, 0.25) is 5.02 Å². The molecule has 1 fully saturated rings. The summed E-state index contributed by atoms with van der Waals surface area (Å²) in [7, 11) is -2.65. The number of hydrogen-bond donors (Lipinski definition) is 2. The molecule has 3 N–H and O–H groups in total. The number of nitrogen functional groups attached to an aromatic ring is 1. The lowest BCUT2D eigenvalue weighted by molar-refractivity contribution is -0.127. The second kappa shape index (κ2) is 5.19. The monoisotopic (exact) mass is 321 g/mol. The number of benzene rings is 1. The lowest BCUT2D eigenvalue weighted by Gasteiger charge is -2.14. The third kappa shape index (κ3) is 2.72. The van der Waals surface area contributed by atoms with E-state index in [0.717, 1.165) is 12.1 Å². The van der Waals surface area contributed by atoms with Crippen molar-refractivity contribution >= 4 is 33.2 Å². The smallest absolute Gasteiger partial charge is 0.244 e. The maximum Gasteiger partial charge on any atom is 0.244 e. The van der Waals surface area contributed by atoms with Crippen molar-refractivity contribution in [3.05, 3.63) is 23.0 Å². The summed E-state index contributed by atoms with van der Waals surface area (Å²) >= 11 is 5.57. The van der Waals surface area contributed by atoms with Gasteiger partial charge in [0.25, 0.3) is 0 Å². The number of likely N-dealkylation sites (tertiary alicyclic amines) is 1. The van der Waals surface area contributed by atoms with Crippen LogP contribution in [-0.2, 0) is 14.8 Å². The lowest BCUT2D eigenvalue weighted by atomic mass is 10.3. The molecule has 1 aliphatic rings. The predicted octanol–water partition coefficient (Wildman–Crippen LogP) is 0.570. The van der Waals surface area contributed by atoms with Crippen LogP contribution in [0.1, 0.15) is 6.42 Å². The Kier molecular flexibility index (Phi) is 3.90. The summed E-state index contributed by atoms with van der Waals surface area (Å²) < 4.78 is 40.3. The van der Waals surface area contributed by atoms with Crippen molar-refractivity contribution in [3.8, 4) is 0 Å². The van der Waals surface area contributed by atoms with Gasteiger partial charge in [-0.25, -0.2) is 12.8 Å². The Bertz CT molecular complexity index is 665. The minimum Gasteiger partial charge on any atom is -0.399 e. The van der Waals surface area contributed by atoms with Crippen molar-refractivity contribution in [2.75, 3.05) is 19.3 Å². The van der Waals surface area contributed by atoms with Gasteiger partial charge in [0.15, 0.2) is 5.82 Å². The number of rotatable bonds is 3. The second-order valence-corrected chi connectivity index (χ2v) is 6.63. The van der Waals surface area contributed by atoms with Gasteiger partial charge in [-0.05, 0) is 18.6 Å². The molecular formula is C11H13ClFN3O3S. The molecule has 1 saturated heterocycles. The average Bonchev–Trinajstić information content (AvgIpc) is 2.65. The van der Waals surface area contributed by atoms with Crippen LogP contribution in [0.25, 0.3) is 0 Å². The number of anilines is 1. The predicted molar refractivity (Wildman–Crippen MR) is 72.2 cm³/mol. The van der Waals surface area contributed by atoms with Gasteiger partial charge in [0.1, 0.15) is 10.9 Å². The molecule has 2 rings (SSSR count). The summed E-state index contributed by atoms with van der Waals surface area (Å²) in [5.74, 6) is -1.45. The molecule has 20 heavy (non-hydrogen) atoms. The van der Waals surface area contributed by atoms with Gasteiger partial charge in [0.05, 0.1) is 5.02 Å². The summed E-state index contributed by atoms with van der Waals surface area (Å²) in [5.41, 5.74) is 5.48. The number of likely N-dealkylation sites (N-methyl/N-ethyl adjacent to an activating group) is 1. The highest BCUT2D eigenvalue weighted by molar-refractivity contribution is 7.89. The Morgan fingerprint density at radius 3 is 2.70 bits per heavy atom. The molecule has 0 aromatic heterocycles. The van der Waals surface area contributed by atoms with Gasteiger partial charge in [-0.3, -0.25) is 4.79 Å². The molecule has 0 radical (unpaired) electrons. The molecule has 0 aliphatic carbocycles. The Balaban J connectivity index is 2.34. The zero-order valence-corrected chi connectivity index (χ0v) is 12.1. The van der Waals surface area contributed by atoms with Gasteiger partial charge >= 0.3 is 0 Å². The highest BCUT2D eigenvalue weighted by atomic mass is 35.5. The second-order valence-electron chi connectivity index (χ2n) is 4.54. The third-order valence-electron chi connectivity index (χ3n) is 3.03. The summed E-state index contributed by atoms with van der Waals surface area (Å²) in [6, 6.07) is 1.18. The van der Waals surface area contributed by atoms with Crippen LogP contribution in [0.4, 0.5) is 10.1 Å².